The monoisotopic (exact) mass is 497 g/mol. The SMILES string of the molecule is Cc1c(C(=O)Nc2ccc(N=Nc3ccccc3)cc2)oc2c1/C(=N/NC(=O)c1cccs1)CCC2. The van der Waals surface area contributed by atoms with Gasteiger partial charge in [0.05, 0.1) is 22.0 Å². The number of hydrogen-bond acceptors (Lipinski definition) is 7. The zero-order chi connectivity index (χ0) is 24.9. The Bertz CT molecular complexity index is 1440. The lowest BCUT2D eigenvalue weighted by Crippen LogP contribution is -2.21. The van der Waals surface area contributed by atoms with Crippen molar-refractivity contribution in [3.63, 3.8) is 0 Å². The summed E-state index contributed by atoms with van der Waals surface area (Å²) in [4.78, 5) is 25.9. The molecule has 4 aromatic rings. The van der Waals surface area contributed by atoms with Gasteiger partial charge in [-0.15, -0.1) is 11.3 Å². The third-order valence-corrected chi connectivity index (χ3v) is 6.60. The predicted molar refractivity (Wildman–Crippen MR) is 140 cm³/mol. The average Bonchev–Trinajstić information content (AvgIpc) is 3.56. The average molecular weight is 498 g/mol. The normalized spacial score (nSPS) is 14.1. The third-order valence-electron chi connectivity index (χ3n) is 5.73. The molecule has 0 saturated carbocycles. The molecule has 2 amide bonds. The molecule has 0 radical (unpaired) electrons. The Labute approximate surface area is 211 Å². The molecule has 2 N–H and O–H groups in total. The van der Waals surface area contributed by atoms with Crippen molar-refractivity contribution in [2.75, 3.05) is 5.32 Å². The number of furan rings is 1. The molecule has 2 heterocycles. The molecule has 0 saturated heterocycles. The first kappa shape index (κ1) is 23.4. The van der Waals surface area contributed by atoms with E-state index < -0.39 is 0 Å². The Morgan fingerprint density at radius 3 is 2.36 bits per heavy atom. The van der Waals surface area contributed by atoms with Crippen molar-refractivity contribution in [2.45, 2.75) is 26.2 Å². The van der Waals surface area contributed by atoms with Crippen LogP contribution in [0, 0.1) is 6.92 Å². The van der Waals surface area contributed by atoms with Crippen molar-refractivity contribution in [3.8, 4) is 0 Å². The van der Waals surface area contributed by atoms with E-state index in [1.54, 1.807) is 30.3 Å². The molecular weight excluding hydrogens is 474 g/mol. The first-order valence-corrected chi connectivity index (χ1v) is 12.4. The minimum Gasteiger partial charge on any atom is -0.455 e. The number of amides is 2. The number of nitrogens with one attached hydrogen (secondary N) is 2. The number of hydrazone groups is 1. The third kappa shape index (κ3) is 5.16. The fourth-order valence-electron chi connectivity index (χ4n) is 3.99. The van der Waals surface area contributed by atoms with Crippen LogP contribution in [0.5, 0.6) is 0 Å². The van der Waals surface area contributed by atoms with Crippen LogP contribution in [0.2, 0.25) is 0 Å². The van der Waals surface area contributed by atoms with Gasteiger partial charge in [-0.25, -0.2) is 5.43 Å². The molecule has 0 bridgehead atoms. The lowest BCUT2D eigenvalue weighted by Gasteiger charge is -2.13. The smallest absolute Gasteiger partial charge is 0.291 e. The molecule has 0 aliphatic heterocycles. The van der Waals surface area contributed by atoms with Crippen molar-refractivity contribution in [1.29, 1.82) is 0 Å². The van der Waals surface area contributed by atoms with Crippen LogP contribution in [0.1, 0.15) is 50.0 Å². The summed E-state index contributed by atoms with van der Waals surface area (Å²) >= 11 is 1.35. The number of carbonyl (C=O) groups excluding carboxylic acids is 2. The van der Waals surface area contributed by atoms with Gasteiger partial charge in [0.2, 0.25) is 0 Å². The minimum atomic E-state index is -0.345. The van der Waals surface area contributed by atoms with Crippen molar-refractivity contribution < 1.29 is 14.0 Å². The molecule has 2 aromatic heterocycles. The standard InChI is InChI=1S/C27H23N5O3S/c1-17-24-21(31-32-26(33)23-11-6-16-36-23)9-5-10-22(24)35-25(17)27(34)28-18-12-14-20(15-13-18)30-29-19-7-3-2-4-8-19/h2-4,6-8,11-16H,5,9-10H2,1H3,(H,28,34)(H,32,33)/b30-29?,31-21+. The van der Waals surface area contributed by atoms with Gasteiger partial charge < -0.3 is 9.73 Å². The molecule has 1 aliphatic rings. The number of nitrogens with zero attached hydrogens (tertiary/aromatic N) is 3. The Kier molecular flexibility index (Phi) is 6.81. The van der Waals surface area contributed by atoms with E-state index in [2.05, 4.69) is 26.1 Å². The summed E-state index contributed by atoms with van der Waals surface area (Å²) in [5, 5.41) is 17.5. The summed E-state index contributed by atoms with van der Waals surface area (Å²) in [6, 6.07) is 20.1. The largest absolute Gasteiger partial charge is 0.455 e. The zero-order valence-corrected chi connectivity index (χ0v) is 20.3. The summed E-state index contributed by atoms with van der Waals surface area (Å²) < 4.78 is 5.95. The fraction of sp³-hybridized carbons (Fsp3) is 0.148. The van der Waals surface area contributed by atoms with Gasteiger partial charge in [0, 0.05) is 23.2 Å². The zero-order valence-electron chi connectivity index (χ0n) is 19.5. The van der Waals surface area contributed by atoms with Crippen molar-refractivity contribution in [3.05, 3.63) is 99.6 Å². The molecule has 5 rings (SSSR count). The molecule has 0 unspecified atom stereocenters. The molecule has 8 nitrogen and oxygen atoms in total. The second-order valence-electron chi connectivity index (χ2n) is 8.22. The summed E-state index contributed by atoms with van der Waals surface area (Å²) in [6.07, 6.45) is 2.23. The number of thiophene rings is 1. The fourth-order valence-corrected chi connectivity index (χ4v) is 4.60. The van der Waals surface area contributed by atoms with E-state index in [0.717, 1.165) is 23.4 Å². The Balaban J connectivity index is 1.29. The van der Waals surface area contributed by atoms with Crippen LogP contribution in [0.25, 0.3) is 0 Å². The maximum atomic E-state index is 13.0. The first-order chi connectivity index (χ1) is 17.6. The van der Waals surface area contributed by atoms with Crippen LogP contribution >= 0.6 is 11.3 Å². The summed E-state index contributed by atoms with van der Waals surface area (Å²) in [5.41, 5.74) is 6.91. The molecule has 36 heavy (non-hydrogen) atoms. The quantitative estimate of drug-likeness (QED) is 0.226. The number of aryl methyl sites for hydroxylation is 1. The van der Waals surface area contributed by atoms with E-state index >= 15 is 0 Å². The summed E-state index contributed by atoms with van der Waals surface area (Å²) in [7, 11) is 0. The number of fused-ring (bicyclic) bond motifs is 1. The van der Waals surface area contributed by atoms with Crippen LogP contribution < -0.4 is 10.7 Å². The van der Waals surface area contributed by atoms with Crippen LogP contribution in [0.15, 0.2) is 91.9 Å². The van der Waals surface area contributed by atoms with Gasteiger partial charge in [0.15, 0.2) is 5.76 Å². The van der Waals surface area contributed by atoms with Gasteiger partial charge in [-0.3, -0.25) is 9.59 Å². The number of hydrogen-bond donors (Lipinski definition) is 2. The number of azo groups is 1. The van der Waals surface area contributed by atoms with Crippen LogP contribution in [-0.2, 0) is 6.42 Å². The molecule has 9 heteroatoms. The highest BCUT2D eigenvalue weighted by molar-refractivity contribution is 7.12. The number of benzene rings is 2. The van der Waals surface area contributed by atoms with Gasteiger partial charge in [0.25, 0.3) is 11.8 Å². The molecule has 0 spiro atoms. The Hall–Kier alpha value is -4.37. The van der Waals surface area contributed by atoms with Crippen molar-refractivity contribution in [2.24, 2.45) is 15.3 Å². The van der Waals surface area contributed by atoms with Gasteiger partial charge >= 0.3 is 0 Å². The highest BCUT2D eigenvalue weighted by atomic mass is 32.1. The van der Waals surface area contributed by atoms with E-state index in [9.17, 15) is 9.59 Å². The topological polar surface area (TPSA) is 108 Å². The van der Waals surface area contributed by atoms with E-state index in [0.29, 0.717) is 40.4 Å². The molecule has 0 fully saturated rings. The maximum absolute atomic E-state index is 13.0. The van der Waals surface area contributed by atoms with E-state index in [1.165, 1.54) is 11.3 Å². The lowest BCUT2D eigenvalue weighted by molar-refractivity contribution is 0.0957. The second kappa shape index (κ2) is 10.5. The minimum absolute atomic E-state index is 0.243. The van der Waals surface area contributed by atoms with Gasteiger partial charge in [-0.1, -0.05) is 24.3 Å². The van der Waals surface area contributed by atoms with Gasteiger partial charge in [-0.2, -0.15) is 15.3 Å². The van der Waals surface area contributed by atoms with Gasteiger partial charge in [0.1, 0.15) is 5.76 Å². The molecule has 1 aliphatic carbocycles. The van der Waals surface area contributed by atoms with Gasteiger partial charge in [-0.05, 0) is 67.6 Å². The van der Waals surface area contributed by atoms with Crippen LogP contribution in [-0.4, -0.2) is 17.5 Å². The summed E-state index contributed by atoms with van der Waals surface area (Å²) in [5.74, 6) is 0.356. The van der Waals surface area contributed by atoms with E-state index in [-0.39, 0.29) is 17.6 Å². The number of anilines is 1. The second-order valence-corrected chi connectivity index (χ2v) is 9.17. The van der Waals surface area contributed by atoms with Crippen molar-refractivity contribution in [1.82, 2.24) is 5.43 Å². The molecular formula is C27H23N5O3S. The number of carbonyl (C=O) groups is 2. The Morgan fingerprint density at radius 2 is 1.64 bits per heavy atom. The highest BCUT2D eigenvalue weighted by Crippen LogP contribution is 2.30. The predicted octanol–water partition coefficient (Wildman–Crippen LogP) is 6.79. The van der Waals surface area contributed by atoms with Crippen LogP contribution in [0.3, 0.4) is 0 Å². The Morgan fingerprint density at radius 1 is 0.889 bits per heavy atom. The molecule has 0 atom stereocenters. The molecule has 2 aromatic carbocycles. The lowest BCUT2D eigenvalue weighted by atomic mass is 9.93. The van der Waals surface area contributed by atoms with E-state index in [4.69, 9.17) is 4.42 Å². The van der Waals surface area contributed by atoms with Crippen molar-refractivity contribution >= 4 is 45.9 Å². The van der Waals surface area contributed by atoms with Crippen LogP contribution in [0.4, 0.5) is 17.1 Å². The highest BCUT2D eigenvalue weighted by Gasteiger charge is 2.28. The first-order valence-electron chi connectivity index (χ1n) is 11.5. The maximum Gasteiger partial charge on any atom is 0.291 e. The summed E-state index contributed by atoms with van der Waals surface area (Å²) in [6.45, 7) is 1.84. The molecule has 180 valence electrons. The number of rotatable bonds is 6. The van der Waals surface area contributed by atoms with E-state index in [1.807, 2.05) is 48.7 Å².